The van der Waals surface area contributed by atoms with Gasteiger partial charge in [-0.1, -0.05) is 30.3 Å². The SMILES string of the molecule is COCc1nc(C(=O)NC2[C@@H]3CN(Cc4ccccc4)C[C@@H]23)n(C)n1. The number of likely N-dealkylation sites (tertiary alicyclic amines) is 1. The molecule has 2 aliphatic rings. The zero-order valence-electron chi connectivity index (χ0n) is 14.6. The molecule has 2 aromatic rings. The molecule has 1 saturated heterocycles. The Morgan fingerprint density at radius 2 is 2.00 bits per heavy atom. The van der Waals surface area contributed by atoms with Crippen LogP contribution >= 0.6 is 0 Å². The molecule has 7 heteroatoms. The van der Waals surface area contributed by atoms with Gasteiger partial charge in [-0.3, -0.25) is 9.69 Å². The number of aromatic nitrogens is 3. The molecule has 2 fully saturated rings. The first kappa shape index (κ1) is 16.2. The van der Waals surface area contributed by atoms with Crippen LogP contribution in [0.1, 0.15) is 22.0 Å². The molecule has 0 radical (unpaired) electrons. The first-order chi connectivity index (χ1) is 12.2. The summed E-state index contributed by atoms with van der Waals surface area (Å²) in [7, 11) is 3.32. The molecule has 7 nitrogen and oxygen atoms in total. The Bertz CT molecular complexity index is 748. The van der Waals surface area contributed by atoms with Gasteiger partial charge in [-0.15, -0.1) is 0 Å². The van der Waals surface area contributed by atoms with Crippen LogP contribution in [0.15, 0.2) is 30.3 Å². The summed E-state index contributed by atoms with van der Waals surface area (Å²) >= 11 is 0. The highest BCUT2D eigenvalue weighted by Gasteiger charge is 2.56. The third kappa shape index (κ3) is 3.29. The lowest BCUT2D eigenvalue weighted by molar-refractivity contribution is 0.0927. The van der Waals surface area contributed by atoms with Gasteiger partial charge in [0, 0.05) is 39.8 Å². The minimum atomic E-state index is -0.147. The van der Waals surface area contributed by atoms with Crippen LogP contribution in [0.4, 0.5) is 0 Å². The van der Waals surface area contributed by atoms with Crippen LogP contribution in [0.3, 0.4) is 0 Å². The van der Waals surface area contributed by atoms with Gasteiger partial charge < -0.3 is 10.1 Å². The van der Waals surface area contributed by atoms with E-state index in [0.29, 0.717) is 30.1 Å². The largest absolute Gasteiger partial charge is 0.377 e. The van der Waals surface area contributed by atoms with Gasteiger partial charge in [0.15, 0.2) is 5.82 Å². The lowest BCUT2D eigenvalue weighted by Crippen LogP contribution is -2.35. The highest BCUT2D eigenvalue weighted by Crippen LogP contribution is 2.45. The number of nitrogens with one attached hydrogen (secondary N) is 1. The Labute approximate surface area is 147 Å². The van der Waals surface area contributed by atoms with Crippen LogP contribution in [-0.2, 0) is 24.9 Å². The molecule has 1 aliphatic heterocycles. The number of ether oxygens (including phenoxy) is 1. The van der Waals surface area contributed by atoms with E-state index in [4.69, 9.17) is 4.74 Å². The van der Waals surface area contributed by atoms with Crippen molar-refractivity contribution in [1.29, 1.82) is 0 Å². The highest BCUT2D eigenvalue weighted by atomic mass is 16.5. The molecule has 25 heavy (non-hydrogen) atoms. The van der Waals surface area contributed by atoms with Crippen LogP contribution < -0.4 is 5.32 Å². The van der Waals surface area contributed by atoms with Crippen molar-refractivity contribution in [1.82, 2.24) is 25.0 Å². The summed E-state index contributed by atoms with van der Waals surface area (Å²) in [5.74, 6) is 1.84. The number of carbonyl (C=O) groups is 1. The van der Waals surface area contributed by atoms with E-state index >= 15 is 0 Å². The highest BCUT2D eigenvalue weighted by molar-refractivity contribution is 5.91. The molecule has 0 spiro atoms. The average Bonchev–Trinajstić information content (AvgIpc) is 2.95. The van der Waals surface area contributed by atoms with E-state index in [1.807, 2.05) is 6.07 Å². The van der Waals surface area contributed by atoms with Gasteiger partial charge in [0.1, 0.15) is 6.61 Å². The third-order valence-corrected chi connectivity index (χ3v) is 5.10. The van der Waals surface area contributed by atoms with E-state index in [1.54, 1.807) is 14.2 Å². The second-order valence-corrected chi connectivity index (χ2v) is 6.91. The standard InChI is InChI=1S/C18H23N5O2/c1-22-17(19-15(21-22)11-25-2)18(24)20-16-13-9-23(10-14(13)16)8-12-6-4-3-5-7-12/h3-7,13-14,16H,8-11H2,1-2H3,(H,20,24)/t13-,14-/m1/s1. The Morgan fingerprint density at radius 3 is 2.68 bits per heavy atom. The molecule has 4 rings (SSSR count). The molecule has 132 valence electrons. The predicted octanol–water partition coefficient (Wildman–Crippen LogP) is 0.822. The number of amides is 1. The summed E-state index contributed by atoms with van der Waals surface area (Å²) in [6.07, 6.45) is 0. The molecule has 2 atom stereocenters. The topological polar surface area (TPSA) is 72.3 Å². The van der Waals surface area contributed by atoms with E-state index in [1.165, 1.54) is 10.2 Å². The number of benzene rings is 1. The Balaban J connectivity index is 1.30. The molecule has 1 saturated carbocycles. The van der Waals surface area contributed by atoms with Crippen molar-refractivity contribution in [3.05, 3.63) is 47.5 Å². The number of aryl methyl sites for hydroxylation is 1. The van der Waals surface area contributed by atoms with Crippen molar-refractivity contribution >= 4 is 5.91 Å². The number of piperidine rings is 1. The number of fused-ring (bicyclic) bond motifs is 1. The molecule has 1 aromatic carbocycles. The second kappa shape index (κ2) is 6.57. The molecule has 1 N–H and O–H groups in total. The monoisotopic (exact) mass is 341 g/mol. The first-order valence-electron chi connectivity index (χ1n) is 8.61. The van der Waals surface area contributed by atoms with Gasteiger partial charge in [-0.2, -0.15) is 5.10 Å². The van der Waals surface area contributed by atoms with Crippen molar-refractivity contribution < 1.29 is 9.53 Å². The van der Waals surface area contributed by atoms with Crippen LogP contribution in [0.2, 0.25) is 0 Å². The van der Waals surface area contributed by atoms with Crippen LogP contribution in [-0.4, -0.2) is 51.8 Å². The van der Waals surface area contributed by atoms with Gasteiger partial charge in [0.25, 0.3) is 5.91 Å². The smallest absolute Gasteiger partial charge is 0.289 e. The Morgan fingerprint density at radius 1 is 1.28 bits per heavy atom. The Kier molecular flexibility index (Phi) is 4.27. The van der Waals surface area contributed by atoms with E-state index < -0.39 is 0 Å². The number of carbonyl (C=O) groups excluding carboxylic acids is 1. The van der Waals surface area contributed by atoms with Gasteiger partial charge in [0.05, 0.1) is 0 Å². The summed E-state index contributed by atoms with van der Waals surface area (Å²) in [6, 6.07) is 10.8. The molecule has 0 unspecified atom stereocenters. The molecule has 1 amide bonds. The minimum absolute atomic E-state index is 0.147. The van der Waals surface area contributed by atoms with Crippen molar-refractivity contribution in [2.24, 2.45) is 18.9 Å². The van der Waals surface area contributed by atoms with Crippen LogP contribution in [0, 0.1) is 11.8 Å². The summed E-state index contributed by atoms with van der Waals surface area (Å²) in [5, 5.41) is 7.31. The van der Waals surface area contributed by atoms with E-state index in [2.05, 4.69) is 44.6 Å². The average molecular weight is 341 g/mol. The summed E-state index contributed by atoms with van der Waals surface area (Å²) < 4.78 is 6.53. The van der Waals surface area contributed by atoms with Crippen LogP contribution in [0.5, 0.6) is 0 Å². The zero-order chi connectivity index (χ0) is 17.4. The summed E-state index contributed by atoms with van der Waals surface area (Å²) in [4.78, 5) is 19.2. The van der Waals surface area contributed by atoms with Gasteiger partial charge in [-0.05, 0) is 17.4 Å². The van der Waals surface area contributed by atoms with Gasteiger partial charge >= 0.3 is 0 Å². The number of methoxy groups -OCH3 is 1. The van der Waals surface area contributed by atoms with Crippen LogP contribution in [0.25, 0.3) is 0 Å². The fourth-order valence-corrected chi connectivity index (χ4v) is 3.84. The van der Waals surface area contributed by atoms with E-state index in [-0.39, 0.29) is 11.9 Å². The zero-order valence-corrected chi connectivity index (χ0v) is 14.6. The molecule has 1 aromatic heterocycles. The quantitative estimate of drug-likeness (QED) is 0.842. The number of hydrogen-bond acceptors (Lipinski definition) is 5. The number of hydrogen-bond donors (Lipinski definition) is 1. The molecule has 2 heterocycles. The predicted molar refractivity (Wildman–Crippen MR) is 91.7 cm³/mol. The minimum Gasteiger partial charge on any atom is -0.377 e. The summed E-state index contributed by atoms with van der Waals surface area (Å²) in [6.45, 7) is 3.37. The lowest BCUT2D eigenvalue weighted by atomic mass is 10.2. The first-order valence-corrected chi connectivity index (χ1v) is 8.61. The van der Waals surface area contributed by atoms with Crippen molar-refractivity contribution in [3.8, 4) is 0 Å². The number of nitrogens with zero attached hydrogens (tertiary/aromatic N) is 4. The second-order valence-electron chi connectivity index (χ2n) is 6.91. The molecular weight excluding hydrogens is 318 g/mol. The van der Waals surface area contributed by atoms with Gasteiger partial charge in [0.2, 0.25) is 5.82 Å². The lowest BCUT2D eigenvalue weighted by Gasteiger charge is -2.19. The maximum Gasteiger partial charge on any atom is 0.289 e. The molecular formula is C18H23N5O2. The van der Waals surface area contributed by atoms with E-state index in [9.17, 15) is 4.79 Å². The fourth-order valence-electron chi connectivity index (χ4n) is 3.84. The summed E-state index contributed by atoms with van der Waals surface area (Å²) in [5.41, 5.74) is 1.34. The molecule has 0 bridgehead atoms. The van der Waals surface area contributed by atoms with Crippen molar-refractivity contribution in [2.75, 3.05) is 20.2 Å². The van der Waals surface area contributed by atoms with Crippen molar-refractivity contribution in [3.63, 3.8) is 0 Å². The maximum atomic E-state index is 12.4. The van der Waals surface area contributed by atoms with E-state index in [0.717, 1.165) is 19.6 Å². The molecule has 1 aliphatic carbocycles. The fraction of sp³-hybridized carbons (Fsp3) is 0.500. The Hall–Kier alpha value is -2.25. The normalized spacial score (nSPS) is 25.0. The van der Waals surface area contributed by atoms with Crippen molar-refractivity contribution in [2.45, 2.75) is 19.2 Å². The number of rotatable bonds is 6. The van der Waals surface area contributed by atoms with Gasteiger partial charge in [-0.25, -0.2) is 9.67 Å². The third-order valence-electron chi connectivity index (χ3n) is 5.10. The maximum absolute atomic E-state index is 12.4.